The third-order valence-electron chi connectivity index (χ3n) is 2.56. The van der Waals surface area contributed by atoms with Gasteiger partial charge in [-0.2, -0.15) is 0 Å². The van der Waals surface area contributed by atoms with Crippen LogP contribution in [0.1, 0.15) is 12.0 Å². The second-order valence-electron chi connectivity index (χ2n) is 3.52. The van der Waals surface area contributed by atoms with Crippen molar-refractivity contribution in [3.8, 4) is 5.75 Å². The monoisotopic (exact) mass is 247 g/mol. The van der Waals surface area contributed by atoms with Crippen LogP contribution < -0.4 is 10.5 Å². The van der Waals surface area contributed by atoms with Crippen LogP contribution >= 0.6 is 12.4 Å². The average Bonchev–Trinajstić information content (AvgIpc) is 2.19. The van der Waals surface area contributed by atoms with Crippen molar-refractivity contribution in [1.82, 2.24) is 0 Å². The molecule has 4 nitrogen and oxygen atoms in total. The van der Waals surface area contributed by atoms with E-state index >= 15 is 0 Å². The highest BCUT2D eigenvalue weighted by Crippen LogP contribution is 2.35. The molecule has 2 rings (SSSR count). The lowest BCUT2D eigenvalue weighted by molar-refractivity contribution is -0.144. The van der Waals surface area contributed by atoms with Gasteiger partial charge in [-0.15, -0.1) is 12.4 Å². The lowest BCUT2D eigenvalue weighted by atomic mass is 9.85. The van der Waals surface area contributed by atoms with Crippen LogP contribution in [0.4, 0.5) is 4.39 Å². The molecule has 0 aromatic heterocycles. The van der Waals surface area contributed by atoms with E-state index in [9.17, 15) is 9.18 Å². The lowest BCUT2D eigenvalue weighted by Crippen LogP contribution is -2.48. The third kappa shape index (κ3) is 1.83. The van der Waals surface area contributed by atoms with Crippen LogP contribution in [0.2, 0.25) is 0 Å². The van der Waals surface area contributed by atoms with E-state index in [2.05, 4.69) is 0 Å². The number of aliphatic carboxylic acids is 1. The SMILES string of the molecule is Cl.NC1(C(=O)O)CCOc2ccc(F)cc21. The summed E-state index contributed by atoms with van der Waals surface area (Å²) in [6.45, 7) is 0.224. The summed E-state index contributed by atoms with van der Waals surface area (Å²) in [7, 11) is 0. The quantitative estimate of drug-likeness (QED) is 0.784. The number of ether oxygens (including phenoxy) is 1. The van der Waals surface area contributed by atoms with Gasteiger partial charge in [0.1, 0.15) is 17.1 Å². The Hall–Kier alpha value is -1.33. The van der Waals surface area contributed by atoms with Gasteiger partial charge in [0.15, 0.2) is 0 Å². The van der Waals surface area contributed by atoms with Crippen LogP contribution in [0.3, 0.4) is 0 Å². The first kappa shape index (κ1) is 12.7. The number of hydrogen-bond donors (Lipinski definition) is 2. The summed E-state index contributed by atoms with van der Waals surface area (Å²) >= 11 is 0. The minimum Gasteiger partial charge on any atom is -0.493 e. The largest absolute Gasteiger partial charge is 0.493 e. The fourth-order valence-electron chi connectivity index (χ4n) is 1.66. The molecule has 3 N–H and O–H groups in total. The minimum absolute atomic E-state index is 0. The van der Waals surface area contributed by atoms with Crippen molar-refractivity contribution < 1.29 is 19.0 Å². The molecule has 0 bridgehead atoms. The van der Waals surface area contributed by atoms with Crippen LogP contribution in [0, 0.1) is 5.82 Å². The zero-order valence-electron chi connectivity index (χ0n) is 8.27. The van der Waals surface area contributed by atoms with Gasteiger partial charge in [-0.05, 0) is 18.2 Å². The highest BCUT2D eigenvalue weighted by Gasteiger charge is 2.41. The van der Waals surface area contributed by atoms with Crippen LogP contribution in [-0.4, -0.2) is 17.7 Å². The normalized spacial score (nSPS) is 22.6. The smallest absolute Gasteiger partial charge is 0.328 e. The molecule has 0 aliphatic carbocycles. The molecule has 0 radical (unpaired) electrons. The van der Waals surface area contributed by atoms with E-state index in [1.165, 1.54) is 12.1 Å². The fraction of sp³-hybridized carbons (Fsp3) is 0.300. The summed E-state index contributed by atoms with van der Waals surface area (Å²) in [6, 6.07) is 3.73. The number of carboxylic acid groups (broad SMARTS) is 1. The molecule has 1 heterocycles. The van der Waals surface area contributed by atoms with E-state index in [4.69, 9.17) is 15.6 Å². The molecular formula is C10H11ClFNO3. The lowest BCUT2D eigenvalue weighted by Gasteiger charge is -2.31. The summed E-state index contributed by atoms with van der Waals surface area (Å²) in [5.41, 5.74) is 4.39. The van der Waals surface area contributed by atoms with Crippen molar-refractivity contribution >= 4 is 18.4 Å². The molecular weight excluding hydrogens is 237 g/mol. The van der Waals surface area contributed by atoms with Crippen molar-refractivity contribution in [2.45, 2.75) is 12.0 Å². The van der Waals surface area contributed by atoms with Crippen LogP contribution in [-0.2, 0) is 10.3 Å². The molecule has 0 saturated carbocycles. The number of carbonyl (C=O) groups is 1. The van der Waals surface area contributed by atoms with Gasteiger partial charge < -0.3 is 15.6 Å². The summed E-state index contributed by atoms with van der Waals surface area (Å²) in [4.78, 5) is 11.0. The first-order valence-corrected chi connectivity index (χ1v) is 4.49. The Morgan fingerprint density at radius 2 is 2.25 bits per heavy atom. The molecule has 0 spiro atoms. The molecule has 1 aromatic carbocycles. The highest BCUT2D eigenvalue weighted by molar-refractivity contribution is 5.85. The molecule has 88 valence electrons. The topological polar surface area (TPSA) is 72.6 Å². The molecule has 1 aliphatic heterocycles. The van der Waals surface area contributed by atoms with Crippen LogP contribution in [0.25, 0.3) is 0 Å². The Labute approximate surface area is 97.6 Å². The van der Waals surface area contributed by atoms with Crippen molar-refractivity contribution in [1.29, 1.82) is 0 Å². The number of rotatable bonds is 1. The molecule has 1 aliphatic rings. The van der Waals surface area contributed by atoms with Crippen LogP contribution in [0.5, 0.6) is 5.75 Å². The van der Waals surface area contributed by atoms with E-state index in [0.717, 1.165) is 6.07 Å². The number of carboxylic acids is 1. The zero-order chi connectivity index (χ0) is 11.1. The molecule has 1 atom stereocenters. The summed E-state index contributed by atoms with van der Waals surface area (Å²) in [6.07, 6.45) is 0.138. The maximum atomic E-state index is 13.0. The maximum Gasteiger partial charge on any atom is 0.328 e. The molecule has 1 unspecified atom stereocenters. The Morgan fingerprint density at radius 3 is 2.88 bits per heavy atom. The Kier molecular flexibility index (Phi) is 3.40. The van der Waals surface area contributed by atoms with Crippen molar-refractivity contribution in [3.05, 3.63) is 29.6 Å². The molecule has 1 aromatic rings. The molecule has 0 fully saturated rings. The minimum atomic E-state index is -1.55. The number of benzene rings is 1. The number of hydrogen-bond acceptors (Lipinski definition) is 3. The standard InChI is InChI=1S/C10H10FNO3.ClH/c11-6-1-2-8-7(5-6)10(12,9(13)14)3-4-15-8;/h1-2,5H,3-4,12H2,(H,13,14);1H. The van der Waals surface area contributed by atoms with E-state index in [1.54, 1.807) is 0 Å². The second kappa shape index (κ2) is 4.27. The first-order chi connectivity index (χ1) is 7.04. The Morgan fingerprint density at radius 1 is 1.56 bits per heavy atom. The Balaban J connectivity index is 0.00000128. The van der Waals surface area contributed by atoms with Gasteiger partial charge in [-0.1, -0.05) is 0 Å². The van der Waals surface area contributed by atoms with Crippen molar-refractivity contribution in [2.75, 3.05) is 6.61 Å². The predicted octanol–water partition coefficient (Wildman–Crippen LogP) is 1.27. The van der Waals surface area contributed by atoms with Gasteiger partial charge in [0.2, 0.25) is 0 Å². The molecule has 0 saturated heterocycles. The van der Waals surface area contributed by atoms with Gasteiger partial charge >= 0.3 is 5.97 Å². The molecule has 16 heavy (non-hydrogen) atoms. The van der Waals surface area contributed by atoms with Crippen LogP contribution in [0.15, 0.2) is 18.2 Å². The predicted molar refractivity (Wildman–Crippen MR) is 57.3 cm³/mol. The first-order valence-electron chi connectivity index (χ1n) is 4.49. The Bertz CT molecular complexity index is 427. The van der Waals surface area contributed by atoms with Gasteiger partial charge in [-0.25, -0.2) is 9.18 Å². The van der Waals surface area contributed by atoms with E-state index in [-0.39, 0.29) is 31.0 Å². The van der Waals surface area contributed by atoms with Crippen molar-refractivity contribution in [2.24, 2.45) is 5.73 Å². The summed E-state index contributed by atoms with van der Waals surface area (Å²) in [5.74, 6) is -1.35. The summed E-state index contributed by atoms with van der Waals surface area (Å²) < 4.78 is 18.2. The van der Waals surface area contributed by atoms with E-state index in [0.29, 0.717) is 5.75 Å². The maximum absolute atomic E-state index is 13.0. The van der Waals surface area contributed by atoms with E-state index < -0.39 is 17.3 Å². The van der Waals surface area contributed by atoms with E-state index in [1.807, 2.05) is 0 Å². The van der Waals surface area contributed by atoms with Gasteiger partial charge in [0, 0.05) is 12.0 Å². The summed E-state index contributed by atoms with van der Waals surface area (Å²) in [5, 5.41) is 9.03. The van der Waals surface area contributed by atoms with Gasteiger partial charge in [-0.3, -0.25) is 0 Å². The molecule has 6 heteroatoms. The van der Waals surface area contributed by atoms with Gasteiger partial charge in [0.25, 0.3) is 0 Å². The third-order valence-corrected chi connectivity index (χ3v) is 2.56. The van der Waals surface area contributed by atoms with Gasteiger partial charge in [0.05, 0.1) is 6.61 Å². The van der Waals surface area contributed by atoms with Crippen molar-refractivity contribution in [3.63, 3.8) is 0 Å². The fourth-order valence-corrected chi connectivity index (χ4v) is 1.66. The molecule has 0 amide bonds. The number of halogens is 2. The number of fused-ring (bicyclic) bond motifs is 1. The average molecular weight is 248 g/mol. The highest BCUT2D eigenvalue weighted by atomic mass is 35.5. The zero-order valence-corrected chi connectivity index (χ0v) is 9.09. The second-order valence-corrected chi connectivity index (χ2v) is 3.52. The number of nitrogens with two attached hydrogens (primary N) is 1.